The summed E-state index contributed by atoms with van der Waals surface area (Å²) in [6.07, 6.45) is 3.06. The predicted molar refractivity (Wildman–Crippen MR) is 125 cm³/mol. The summed E-state index contributed by atoms with van der Waals surface area (Å²) in [5.41, 5.74) is 5.34. The Bertz CT molecular complexity index is 1290. The number of rotatable bonds is 4. The smallest absolute Gasteiger partial charge is 0.254 e. The molecule has 0 aliphatic carbocycles. The van der Waals surface area contributed by atoms with Crippen LogP contribution in [0.5, 0.6) is 0 Å². The van der Waals surface area contributed by atoms with E-state index < -0.39 is 0 Å². The average Bonchev–Trinajstić information content (AvgIpc) is 3.41. The first-order chi connectivity index (χ1) is 15.1. The number of nitrogens with one attached hydrogen (secondary N) is 2. The summed E-state index contributed by atoms with van der Waals surface area (Å²) in [6.45, 7) is 3.27. The molecule has 0 unspecified atom stereocenters. The van der Waals surface area contributed by atoms with Crippen LogP contribution in [-0.4, -0.2) is 28.2 Å². The summed E-state index contributed by atoms with van der Waals surface area (Å²) < 4.78 is 0. The second-order valence-electron chi connectivity index (χ2n) is 7.91. The van der Waals surface area contributed by atoms with E-state index in [1.807, 2.05) is 60.5 Å². The number of thiophene rings is 1. The highest BCUT2D eigenvalue weighted by Gasteiger charge is 2.24. The topological polar surface area (TPSA) is 65.2 Å². The Morgan fingerprint density at radius 3 is 2.90 bits per heavy atom. The number of fused-ring (bicyclic) bond motifs is 2. The third kappa shape index (κ3) is 3.75. The van der Waals surface area contributed by atoms with Crippen molar-refractivity contribution in [3.05, 3.63) is 87.2 Å². The van der Waals surface area contributed by atoms with E-state index in [1.54, 1.807) is 11.3 Å². The van der Waals surface area contributed by atoms with E-state index in [1.165, 1.54) is 10.4 Å². The normalized spacial score (nSPS) is 13.3. The van der Waals surface area contributed by atoms with Crippen molar-refractivity contribution in [2.75, 3.05) is 11.9 Å². The zero-order valence-electron chi connectivity index (χ0n) is 17.3. The van der Waals surface area contributed by atoms with Gasteiger partial charge in [0.1, 0.15) is 0 Å². The first-order valence-corrected chi connectivity index (χ1v) is 11.3. The Morgan fingerprint density at radius 2 is 2.00 bits per heavy atom. The van der Waals surface area contributed by atoms with Crippen LogP contribution < -0.4 is 5.32 Å². The lowest BCUT2D eigenvalue weighted by Crippen LogP contribution is -2.35. The van der Waals surface area contributed by atoms with Crippen molar-refractivity contribution in [3.8, 4) is 0 Å². The quantitative estimate of drug-likeness (QED) is 0.484. The number of benzene rings is 2. The van der Waals surface area contributed by atoms with Crippen LogP contribution in [0.3, 0.4) is 0 Å². The van der Waals surface area contributed by atoms with E-state index in [0.29, 0.717) is 17.8 Å². The molecule has 3 heterocycles. The van der Waals surface area contributed by atoms with Gasteiger partial charge in [0.15, 0.2) is 0 Å². The fourth-order valence-electron chi connectivity index (χ4n) is 4.24. The fourth-order valence-corrected chi connectivity index (χ4v) is 5.13. The summed E-state index contributed by atoms with van der Waals surface area (Å²) >= 11 is 1.76. The number of anilines is 1. The van der Waals surface area contributed by atoms with Crippen LogP contribution >= 0.6 is 11.3 Å². The van der Waals surface area contributed by atoms with Crippen molar-refractivity contribution in [1.82, 2.24) is 9.88 Å². The van der Waals surface area contributed by atoms with Gasteiger partial charge in [-0.3, -0.25) is 9.59 Å². The molecule has 31 heavy (non-hydrogen) atoms. The Morgan fingerprint density at radius 1 is 1.13 bits per heavy atom. The van der Waals surface area contributed by atoms with Crippen molar-refractivity contribution < 1.29 is 9.59 Å². The van der Waals surface area contributed by atoms with Gasteiger partial charge in [-0.1, -0.05) is 24.3 Å². The Labute approximate surface area is 184 Å². The monoisotopic (exact) mass is 429 g/mol. The van der Waals surface area contributed by atoms with Gasteiger partial charge in [-0.05, 0) is 59.7 Å². The van der Waals surface area contributed by atoms with Gasteiger partial charge in [-0.25, -0.2) is 0 Å². The maximum atomic E-state index is 13.2. The van der Waals surface area contributed by atoms with Gasteiger partial charge < -0.3 is 15.2 Å². The van der Waals surface area contributed by atoms with Crippen LogP contribution in [0.4, 0.5) is 5.69 Å². The SMILES string of the molecule is Cc1c(NC(=O)Cc2c[nH]c3ccccc23)cccc1C(=O)N1CCc2sccc2C1. The Hall–Kier alpha value is -3.38. The summed E-state index contributed by atoms with van der Waals surface area (Å²) in [5, 5.41) is 6.14. The summed E-state index contributed by atoms with van der Waals surface area (Å²) in [4.78, 5) is 32.4. The summed E-state index contributed by atoms with van der Waals surface area (Å²) in [7, 11) is 0. The van der Waals surface area contributed by atoms with Gasteiger partial charge in [0.2, 0.25) is 5.91 Å². The third-order valence-electron chi connectivity index (χ3n) is 5.96. The van der Waals surface area contributed by atoms with Crippen molar-refractivity contribution in [2.24, 2.45) is 0 Å². The minimum Gasteiger partial charge on any atom is -0.361 e. The highest BCUT2D eigenvalue weighted by atomic mass is 32.1. The number of hydrogen-bond donors (Lipinski definition) is 2. The zero-order valence-corrected chi connectivity index (χ0v) is 18.1. The highest BCUT2D eigenvalue weighted by Crippen LogP contribution is 2.27. The van der Waals surface area contributed by atoms with E-state index in [2.05, 4.69) is 21.7 Å². The largest absolute Gasteiger partial charge is 0.361 e. The van der Waals surface area contributed by atoms with Crippen LogP contribution in [0.2, 0.25) is 0 Å². The molecular formula is C25H23N3O2S. The number of H-pyrrole nitrogens is 1. The molecule has 0 saturated carbocycles. The second kappa shape index (κ2) is 8.04. The average molecular weight is 430 g/mol. The molecule has 2 amide bonds. The summed E-state index contributed by atoms with van der Waals surface area (Å²) in [6, 6.07) is 15.6. The van der Waals surface area contributed by atoms with Crippen LogP contribution in [0.1, 0.15) is 31.9 Å². The molecule has 0 spiro atoms. The molecule has 2 N–H and O–H groups in total. The number of carbonyl (C=O) groups is 2. The van der Waals surface area contributed by atoms with Gasteiger partial charge in [0.05, 0.1) is 6.42 Å². The molecule has 6 heteroatoms. The molecule has 1 aliphatic heterocycles. The Kier molecular flexibility index (Phi) is 5.08. The number of aromatic amines is 1. The maximum absolute atomic E-state index is 13.2. The van der Waals surface area contributed by atoms with E-state index >= 15 is 0 Å². The van der Waals surface area contributed by atoms with Gasteiger partial charge in [0, 0.05) is 46.3 Å². The lowest BCUT2D eigenvalue weighted by Gasteiger charge is -2.28. The molecule has 5 rings (SSSR count). The number of hydrogen-bond acceptors (Lipinski definition) is 3. The molecule has 4 aromatic rings. The number of nitrogens with zero attached hydrogens (tertiary/aromatic N) is 1. The highest BCUT2D eigenvalue weighted by molar-refractivity contribution is 7.10. The van der Waals surface area contributed by atoms with Crippen LogP contribution in [0.15, 0.2) is 60.1 Å². The van der Waals surface area contributed by atoms with Crippen molar-refractivity contribution in [1.29, 1.82) is 0 Å². The van der Waals surface area contributed by atoms with Gasteiger partial charge in [-0.2, -0.15) is 0 Å². The molecule has 0 atom stereocenters. The van der Waals surface area contributed by atoms with Crippen molar-refractivity contribution >= 4 is 39.7 Å². The zero-order chi connectivity index (χ0) is 21.4. The molecule has 0 radical (unpaired) electrons. The maximum Gasteiger partial charge on any atom is 0.254 e. The van der Waals surface area contributed by atoms with Crippen LogP contribution in [-0.2, 0) is 24.2 Å². The first-order valence-electron chi connectivity index (χ1n) is 10.4. The van der Waals surface area contributed by atoms with Gasteiger partial charge >= 0.3 is 0 Å². The number of carbonyl (C=O) groups excluding carboxylic acids is 2. The van der Waals surface area contributed by atoms with E-state index in [0.717, 1.165) is 35.0 Å². The predicted octanol–water partition coefficient (Wildman–Crippen LogP) is 4.92. The number of amides is 2. The molecule has 0 fully saturated rings. The van der Waals surface area contributed by atoms with E-state index in [4.69, 9.17) is 0 Å². The van der Waals surface area contributed by atoms with E-state index in [-0.39, 0.29) is 18.2 Å². The van der Waals surface area contributed by atoms with Crippen LogP contribution in [0, 0.1) is 6.92 Å². The van der Waals surface area contributed by atoms with Gasteiger partial charge in [-0.15, -0.1) is 11.3 Å². The molecular weight excluding hydrogens is 406 g/mol. The first kappa shape index (κ1) is 19.6. The lowest BCUT2D eigenvalue weighted by atomic mass is 10.0. The van der Waals surface area contributed by atoms with Crippen LogP contribution in [0.25, 0.3) is 10.9 Å². The molecule has 5 nitrogen and oxygen atoms in total. The Balaban J connectivity index is 1.32. The molecule has 2 aromatic carbocycles. The molecule has 2 aromatic heterocycles. The lowest BCUT2D eigenvalue weighted by molar-refractivity contribution is -0.115. The van der Waals surface area contributed by atoms with Crippen molar-refractivity contribution in [3.63, 3.8) is 0 Å². The fraction of sp³-hybridized carbons (Fsp3) is 0.200. The molecule has 1 aliphatic rings. The molecule has 156 valence electrons. The summed E-state index contributed by atoms with van der Waals surface area (Å²) in [5.74, 6) is -0.0829. The standard InChI is InChI=1S/C25H23N3O2S/c1-16-19(25(30)28-11-9-23-17(15-28)10-12-31-23)6-4-8-21(16)27-24(29)13-18-14-26-22-7-3-2-5-20(18)22/h2-8,10,12,14,26H,9,11,13,15H2,1H3,(H,27,29). The minimum atomic E-state index is -0.0988. The van der Waals surface area contributed by atoms with E-state index in [9.17, 15) is 9.59 Å². The number of para-hydroxylation sites is 1. The number of aromatic nitrogens is 1. The third-order valence-corrected chi connectivity index (χ3v) is 6.98. The molecule has 0 saturated heterocycles. The molecule has 0 bridgehead atoms. The second-order valence-corrected chi connectivity index (χ2v) is 8.91. The van der Waals surface area contributed by atoms with Crippen molar-refractivity contribution in [2.45, 2.75) is 26.3 Å². The minimum absolute atomic E-state index is 0.0158. The van der Waals surface area contributed by atoms with Gasteiger partial charge in [0.25, 0.3) is 5.91 Å².